The van der Waals surface area contributed by atoms with Crippen LogP contribution in [0.15, 0.2) is 42.5 Å². The van der Waals surface area contributed by atoms with E-state index < -0.39 is 0 Å². The zero-order valence-electron chi connectivity index (χ0n) is 10.5. The normalized spacial score (nSPS) is 20.1. The van der Waals surface area contributed by atoms with E-state index in [9.17, 15) is 0 Å². The van der Waals surface area contributed by atoms with Crippen LogP contribution < -0.4 is 9.47 Å². The number of fused-ring (bicyclic) bond motifs is 2. The van der Waals surface area contributed by atoms with E-state index in [1.807, 2.05) is 18.2 Å². The molecule has 2 aliphatic rings. The summed E-state index contributed by atoms with van der Waals surface area (Å²) < 4.78 is 16.9. The summed E-state index contributed by atoms with van der Waals surface area (Å²) in [6.45, 7) is 1.06. The molecule has 0 N–H and O–H groups in total. The summed E-state index contributed by atoms with van der Waals surface area (Å²) >= 11 is 0. The van der Waals surface area contributed by atoms with Crippen molar-refractivity contribution in [2.75, 3.05) is 13.4 Å². The maximum Gasteiger partial charge on any atom is 0.231 e. The molecule has 0 aromatic heterocycles. The van der Waals surface area contributed by atoms with Gasteiger partial charge in [-0.3, -0.25) is 0 Å². The molecule has 4 rings (SSSR count). The number of rotatable bonds is 1. The predicted octanol–water partition coefficient (Wildman–Crippen LogP) is 3.08. The van der Waals surface area contributed by atoms with Gasteiger partial charge in [0.25, 0.3) is 0 Å². The molecule has 1 unspecified atom stereocenters. The second-order valence-corrected chi connectivity index (χ2v) is 4.82. The molecule has 0 saturated heterocycles. The smallest absolute Gasteiger partial charge is 0.231 e. The van der Waals surface area contributed by atoms with Gasteiger partial charge in [0.2, 0.25) is 6.79 Å². The third kappa shape index (κ3) is 1.78. The van der Waals surface area contributed by atoms with E-state index in [2.05, 4.69) is 24.3 Å². The van der Waals surface area contributed by atoms with Gasteiger partial charge < -0.3 is 14.2 Å². The molecular formula is C16H14O3. The first-order valence-electron chi connectivity index (χ1n) is 6.51. The van der Waals surface area contributed by atoms with E-state index in [0.29, 0.717) is 6.79 Å². The lowest BCUT2D eigenvalue weighted by atomic mass is 9.92. The van der Waals surface area contributed by atoms with Crippen LogP contribution in [-0.4, -0.2) is 13.4 Å². The van der Waals surface area contributed by atoms with Gasteiger partial charge in [-0.2, -0.15) is 0 Å². The van der Waals surface area contributed by atoms with Crippen molar-refractivity contribution in [3.05, 3.63) is 59.2 Å². The Kier molecular flexibility index (Phi) is 2.45. The topological polar surface area (TPSA) is 27.7 Å². The molecule has 3 heteroatoms. The van der Waals surface area contributed by atoms with Crippen LogP contribution in [0, 0.1) is 0 Å². The molecule has 96 valence electrons. The van der Waals surface area contributed by atoms with Crippen LogP contribution in [0.25, 0.3) is 0 Å². The fourth-order valence-electron chi connectivity index (χ4n) is 2.74. The Hall–Kier alpha value is -2.00. The van der Waals surface area contributed by atoms with E-state index >= 15 is 0 Å². The van der Waals surface area contributed by atoms with Crippen molar-refractivity contribution in [1.29, 1.82) is 0 Å². The molecule has 0 amide bonds. The monoisotopic (exact) mass is 254 g/mol. The van der Waals surface area contributed by atoms with Gasteiger partial charge in [0.05, 0.1) is 6.61 Å². The van der Waals surface area contributed by atoms with E-state index in [1.54, 1.807) is 0 Å². The first kappa shape index (κ1) is 10.9. The highest BCUT2D eigenvalue weighted by molar-refractivity contribution is 5.51. The van der Waals surface area contributed by atoms with Gasteiger partial charge in [-0.15, -0.1) is 0 Å². The van der Waals surface area contributed by atoms with Crippen molar-refractivity contribution in [2.24, 2.45) is 0 Å². The Bertz CT molecular complexity index is 607. The molecule has 2 aliphatic heterocycles. The maximum atomic E-state index is 5.95. The van der Waals surface area contributed by atoms with E-state index in [0.717, 1.165) is 24.5 Å². The van der Waals surface area contributed by atoms with Crippen LogP contribution in [-0.2, 0) is 11.2 Å². The second-order valence-electron chi connectivity index (χ2n) is 4.82. The van der Waals surface area contributed by atoms with Gasteiger partial charge in [0, 0.05) is 0 Å². The molecule has 0 fully saturated rings. The predicted molar refractivity (Wildman–Crippen MR) is 70.5 cm³/mol. The Balaban J connectivity index is 1.82. The average molecular weight is 254 g/mol. The maximum absolute atomic E-state index is 5.95. The molecule has 0 radical (unpaired) electrons. The second kappa shape index (κ2) is 4.28. The summed E-state index contributed by atoms with van der Waals surface area (Å²) in [5.74, 6) is 1.68. The zero-order valence-corrected chi connectivity index (χ0v) is 10.5. The van der Waals surface area contributed by atoms with E-state index in [4.69, 9.17) is 14.2 Å². The fraction of sp³-hybridized carbons (Fsp3) is 0.250. The molecule has 0 spiro atoms. The molecule has 2 aromatic carbocycles. The standard InChI is InChI=1S/C16H14O3/c1-2-4-11(5-3-1)16-13-9-15-14(18-10-19-15)8-12(13)6-7-17-16/h1-5,8-9,16H,6-7,10H2. The molecule has 0 saturated carbocycles. The third-order valence-corrected chi connectivity index (χ3v) is 3.68. The van der Waals surface area contributed by atoms with Crippen molar-refractivity contribution in [3.63, 3.8) is 0 Å². The molecule has 1 atom stereocenters. The Labute approximate surface area is 111 Å². The van der Waals surface area contributed by atoms with Crippen molar-refractivity contribution in [1.82, 2.24) is 0 Å². The quantitative estimate of drug-likeness (QED) is 0.782. The van der Waals surface area contributed by atoms with Gasteiger partial charge in [-0.05, 0) is 35.2 Å². The minimum absolute atomic E-state index is 0.000509. The van der Waals surface area contributed by atoms with Crippen molar-refractivity contribution in [3.8, 4) is 11.5 Å². The van der Waals surface area contributed by atoms with Gasteiger partial charge in [-0.25, -0.2) is 0 Å². The molecule has 3 nitrogen and oxygen atoms in total. The van der Waals surface area contributed by atoms with Crippen LogP contribution in [0.3, 0.4) is 0 Å². The van der Waals surface area contributed by atoms with Crippen LogP contribution in [0.1, 0.15) is 22.8 Å². The summed E-state index contributed by atoms with van der Waals surface area (Å²) in [5, 5.41) is 0. The molecule has 2 aromatic rings. The highest BCUT2D eigenvalue weighted by atomic mass is 16.7. The van der Waals surface area contributed by atoms with Gasteiger partial charge in [0.15, 0.2) is 11.5 Å². The lowest BCUT2D eigenvalue weighted by Gasteiger charge is -2.26. The van der Waals surface area contributed by atoms with Crippen LogP contribution in [0.2, 0.25) is 0 Å². The summed E-state index contributed by atoms with van der Waals surface area (Å²) in [4.78, 5) is 0. The number of hydrogen-bond donors (Lipinski definition) is 0. The summed E-state index contributed by atoms with van der Waals surface area (Å²) in [7, 11) is 0. The van der Waals surface area contributed by atoms with Crippen LogP contribution in [0.5, 0.6) is 11.5 Å². The van der Waals surface area contributed by atoms with Crippen LogP contribution in [0.4, 0.5) is 0 Å². The van der Waals surface area contributed by atoms with Crippen molar-refractivity contribution >= 4 is 0 Å². The Morgan fingerprint density at radius 1 is 0.947 bits per heavy atom. The lowest BCUT2D eigenvalue weighted by molar-refractivity contribution is 0.0697. The highest BCUT2D eigenvalue weighted by Gasteiger charge is 2.26. The summed E-state index contributed by atoms with van der Waals surface area (Å²) in [6.07, 6.45) is 0.925. The number of ether oxygens (including phenoxy) is 3. The number of benzene rings is 2. The minimum Gasteiger partial charge on any atom is -0.454 e. The zero-order chi connectivity index (χ0) is 12.7. The minimum atomic E-state index is -0.000509. The molecular weight excluding hydrogens is 240 g/mol. The SMILES string of the molecule is c1ccc(C2OCCc3cc4c(cc32)OCO4)cc1. The fourth-order valence-corrected chi connectivity index (χ4v) is 2.74. The van der Waals surface area contributed by atoms with Crippen molar-refractivity contribution in [2.45, 2.75) is 12.5 Å². The number of hydrogen-bond acceptors (Lipinski definition) is 3. The average Bonchev–Trinajstić information content (AvgIpc) is 2.92. The molecule has 19 heavy (non-hydrogen) atoms. The largest absolute Gasteiger partial charge is 0.454 e. The molecule has 0 aliphatic carbocycles. The molecule has 2 heterocycles. The Morgan fingerprint density at radius 3 is 2.58 bits per heavy atom. The third-order valence-electron chi connectivity index (χ3n) is 3.68. The molecule has 0 bridgehead atoms. The van der Waals surface area contributed by atoms with Gasteiger partial charge >= 0.3 is 0 Å². The summed E-state index contributed by atoms with van der Waals surface area (Å²) in [5.41, 5.74) is 3.67. The first-order chi connectivity index (χ1) is 9.42. The van der Waals surface area contributed by atoms with E-state index in [1.165, 1.54) is 16.7 Å². The van der Waals surface area contributed by atoms with Gasteiger partial charge in [-0.1, -0.05) is 30.3 Å². The Morgan fingerprint density at radius 2 is 1.74 bits per heavy atom. The van der Waals surface area contributed by atoms with Gasteiger partial charge in [0.1, 0.15) is 6.10 Å². The highest BCUT2D eigenvalue weighted by Crippen LogP contribution is 2.41. The van der Waals surface area contributed by atoms with Crippen molar-refractivity contribution < 1.29 is 14.2 Å². The van der Waals surface area contributed by atoms with E-state index in [-0.39, 0.29) is 6.10 Å². The first-order valence-corrected chi connectivity index (χ1v) is 6.51. The summed E-state index contributed by atoms with van der Waals surface area (Å²) in [6, 6.07) is 14.5. The van der Waals surface area contributed by atoms with Crippen LogP contribution >= 0.6 is 0 Å². The lowest BCUT2D eigenvalue weighted by Crippen LogP contribution is -2.17.